The average molecular weight is 295 g/mol. The van der Waals surface area contributed by atoms with E-state index >= 15 is 0 Å². The van der Waals surface area contributed by atoms with Crippen LogP contribution < -0.4 is 9.47 Å². The van der Waals surface area contributed by atoms with Gasteiger partial charge in [0, 0.05) is 6.42 Å². The van der Waals surface area contributed by atoms with Gasteiger partial charge < -0.3 is 14.6 Å². The van der Waals surface area contributed by atoms with E-state index in [9.17, 15) is 9.50 Å². The third kappa shape index (κ3) is 2.57. The normalized spacial score (nSPS) is 14.3. The number of ether oxygens (including phenoxy) is 2. The zero-order chi connectivity index (χ0) is 14.1. The first-order valence-electron chi connectivity index (χ1n) is 6.15. The van der Waals surface area contributed by atoms with Gasteiger partial charge in [-0.2, -0.15) is 0 Å². The number of rotatable bonds is 3. The fraction of sp³-hybridized carbons (Fsp3) is 0.200. The van der Waals surface area contributed by atoms with Crippen LogP contribution in [-0.2, 0) is 6.42 Å². The van der Waals surface area contributed by atoms with Crippen LogP contribution in [0.1, 0.15) is 17.2 Å². The zero-order valence-electron chi connectivity index (χ0n) is 10.5. The highest BCUT2D eigenvalue weighted by atomic mass is 35.5. The second kappa shape index (κ2) is 5.31. The highest BCUT2D eigenvalue weighted by Gasteiger charge is 2.21. The van der Waals surface area contributed by atoms with Crippen LogP contribution in [0.5, 0.6) is 11.5 Å². The maximum atomic E-state index is 12.8. The summed E-state index contributed by atoms with van der Waals surface area (Å²) in [6.07, 6.45) is -0.372. The van der Waals surface area contributed by atoms with Crippen LogP contribution in [0, 0.1) is 5.82 Å². The van der Waals surface area contributed by atoms with Crippen molar-refractivity contribution >= 4 is 11.6 Å². The summed E-state index contributed by atoms with van der Waals surface area (Å²) in [5.74, 6) is 0.740. The Hall–Kier alpha value is -1.78. The second-order valence-electron chi connectivity index (χ2n) is 4.58. The Morgan fingerprint density at radius 1 is 1.20 bits per heavy atom. The Morgan fingerprint density at radius 3 is 2.70 bits per heavy atom. The average Bonchev–Trinajstić information content (AvgIpc) is 2.90. The van der Waals surface area contributed by atoms with Crippen LogP contribution in [0.25, 0.3) is 0 Å². The van der Waals surface area contributed by atoms with Crippen LogP contribution in [-0.4, -0.2) is 11.9 Å². The third-order valence-electron chi connectivity index (χ3n) is 3.18. The second-order valence-corrected chi connectivity index (χ2v) is 4.99. The van der Waals surface area contributed by atoms with E-state index in [1.54, 1.807) is 24.3 Å². The molecule has 3 rings (SSSR count). The van der Waals surface area contributed by atoms with Gasteiger partial charge in [-0.15, -0.1) is 0 Å². The van der Waals surface area contributed by atoms with Crippen molar-refractivity contribution in [3.05, 3.63) is 58.4 Å². The molecule has 20 heavy (non-hydrogen) atoms. The van der Waals surface area contributed by atoms with Crippen molar-refractivity contribution in [3.8, 4) is 11.5 Å². The van der Waals surface area contributed by atoms with Crippen molar-refractivity contribution in [2.24, 2.45) is 0 Å². The molecule has 0 aromatic heterocycles. The summed E-state index contributed by atoms with van der Waals surface area (Å²) >= 11 is 6.08. The Balaban J connectivity index is 1.82. The summed E-state index contributed by atoms with van der Waals surface area (Å²) in [5.41, 5.74) is 1.48. The van der Waals surface area contributed by atoms with Gasteiger partial charge in [0.2, 0.25) is 6.79 Å². The van der Waals surface area contributed by atoms with Gasteiger partial charge in [0.05, 0.1) is 11.1 Å². The van der Waals surface area contributed by atoms with Crippen LogP contribution in [0.4, 0.5) is 4.39 Å². The van der Waals surface area contributed by atoms with E-state index in [0.717, 1.165) is 5.56 Å². The largest absolute Gasteiger partial charge is 0.454 e. The molecule has 1 atom stereocenters. The van der Waals surface area contributed by atoms with Crippen molar-refractivity contribution < 1.29 is 19.0 Å². The fourth-order valence-corrected chi connectivity index (χ4v) is 2.41. The number of halogens is 2. The smallest absolute Gasteiger partial charge is 0.231 e. The van der Waals surface area contributed by atoms with Crippen LogP contribution >= 0.6 is 11.6 Å². The van der Waals surface area contributed by atoms with Gasteiger partial charge in [-0.25, -0.2) is 4.39 Å². The molecule has 0 saturated carbocycles. The monoisotopic (exact) mass is 294 g/mol. The molecule has 0 aliphatic carbocycles. The maximum absolute atomic E-state index is 12.8. The van der Waals surface area contributed by atoms with Gasteiger partial charge in [-0.05, 0) is 35.4 Å². The lowest BCUT2D eigenvalue weighted by Crippen LogP contribution is -2.02. The molecule has 104 valence electrons. The molecule has 0 spiro atoms. The maximum Gasteiger partial charge on any atom is 0.231 e. The van der Waals surface area contributed by atoms with Gasteiger partial charge in [-0.3, -0.25) is 0 Å². The van der Waals surface area contributed by atoms with E-state index in [2.05, 4.69) is 0 Å². The quantitative estimate of drug-likeness (QED) is 0.942. The van der Waals surface area contributed by atoms with E-state index < -0.39 is 6.10 Å². The number of aliphatic hydroxyl groups is 1. The van der Waals surface area contributed by atoms with Crippen molar-refractivity contribution in [1.29, 1.82) is 0 Å². The molecule has 0 amide bonds. The fourth-order valence-electron chi connectivity index (χ4n) is 2.14. The lowest BCUT2D eigenvalue weighted by molar-refractivity contribution is 0.171. The molecule has 1 unspecified atom stereocenters. The standard InChI is InChI=1S/C15H12ClFO3/c16-12-6-10(7-14-15(12)20-8-19-14)13(18)5-9-1-3-11(17)4-2-9/h1-4,6-7,13,18H,5,8H2. The van der Waals surface area contributed by atoms with Crippen molar-refractivity contribution in [1.82, 2.24) is 0 Å². The number of hydrogen-bond acceptors (Lipinski definition) is 3. The summed E-state index contributed by atoms with van der Waals surface area (Å²) in [6.45, 7) is 0.132. The van der Waals surface area contributed by atoms with Crippen molar-refractivity contribution in [2.75, 3.05) is 6.79 Å². The third-order valence-corrected chi connectivity index (χ3v) is 3.46. The molecule has 1 aliphatic heterocycles. The van der Waals surface area contributed by atoms with Gasteiger partial charge >= 0.3 is 0 Å². The molecule has 0 bridgehead atoms. The van der Waals surface area contributed by atoms with Crippen LogP contribution in [0.2, 0.25) is 5.02 Å². The molecule has 0 radical (unpaired) electrons. The molecular formula is C15H12ClFO3. The molecule has 0 fully saturated rings. The van der Waals surface area contributed by atoms with Crippen LogP contribution in [0.3, 0.4) is 0 Å². The Labute approximate surface area is 120 Å². The van der Waals surface area contributed by atoms with Crippen molar-refractivity contribution in [3.63, 3.8) is 0 Å². The van der Waals surface area contributed by atoms with Crippen LogP contribution in [0.15, 0.2) is 36.4 Å². The number of hydrogen-bond donors (Lipinski definition) is 1. The van der Waals surface area contributed by atoms with Gasteiger partial charge in [0.15, 0.2) is 11.5 Å². The Bertz CT molecular complexity index is 628. The summed E-state index contributed by atoms with van der Waals surface area (Å²) < 4.78 is 23.3. The Morgan fingerprint density at radius 2 is 1.95 bits per heavy atom. The van der Waals surface area contributed by atoms with E-state index in [4.69, 9.17) is 21.1 Å². The first-order chi connectivity index (χ1) is 9.63. The van der Waals surface area contributed by atoms with E-state index in [1.165, 1.54) is 12.1 Å². The lowest BCUT2D eigenvalue weighted by Gasteiger charge is -2.12. The van der Waals surface area contributed by atoms with Gasteiger partial charge in [0.25, 0.3) is 0 Å². The Kier molecular flexibility index (Phi) is 3.51. The molecule has 2 aromatic rings. The summed E-state index contributed by atoms with van der Waals surface area (Å²) in [7, 11) is 0. The molecule has 1 heterocycles. The predicted octanol–water partition coefficient (Wildman–Crippen LogP) is 3.48. The summed E-state index contributed by atoms with van der Waals surface area (Å²) in [6, 6.07) is 9.40. The minimum Gasteiger partial charge on any atom is -0.454 e. The van der Waals surface area contributed by atoms with Gasteiger partial charge in [-0.1, -0.05) is 23.7 Å². The number of aliphatic hydroxyl groups excluding tert-OH is 1. The first-order valence-corrected chi connectivity index (χ1v) is 6.53. The predicted molar refractivity (Wildman–Crippen MR) is 72.6 cm³/mol. The molecule has 0 saturated heterocycles. The van der Waals surface area contributed by atoms with E-state index in [0.29, 0.717) is 28.5 Å². The SMILES string of the molecule is OC(Cc1ccc(F)cc1)c1cc(Cl)c2c(c1)OCO2. The minimum absolute atomic E-state index is 0.132. The minimum atomic E-state index is -0.743. The molecule has 3 nitrogen and oxygen atoms in total. The molecule has 5 heteroatoms. The molecular weight excluding hydrogens is 283 g/mol. The number of benzene rings is 2. The van der Waals surface area contributed by atoms with Gasteiger partial charge in [0.1, 0.15) is 5.82 Å². The first kappa shape index (κ1) is 13.2. The molecule has 1 N–H and O–H groups in total. The topological polar surface area (TPSA) is 38.7 Å². The van der Waals surface area contributed by atoms with E-state index in [-0.39, 0.29) is 12.6 Å². The highest BCUT2D eigenvalue weighted by Crippen LogP contribution is 2.41. The lowest BCUT2D eigenvalue weighted by atomic mass is 10.0. The number of fused-ring (bicyclic) bond motifs is 1. The molecule has 1 aliphatic rings. The zero-order valence-corrected chi connectivity index (χ0v) is 11.2. The van der Waals surface area contributed by atoms with Crippen molar-refractivity contribution in [2.45, 2.75) is 12.5 Å². The molecule has 2 aromatic carbocycles. The van der Waals surface area contributed by atoms with E-state index in [1.807, 2.05) is 0 Å². The summed E-state index contributed by atoms with van der Waals surface area (Å²) in [5, 5.41) is 10.7. The highest BCUT2D eigenvalue weighted by molar-refractivity contribution is 6.32. The summed E-state index contributed by atoms with van der Waals surface area (Å²) in [4.78, 5) is 0.